The molecule has 0 aliphatic carbocycles. The quantitative estimate of drug-likeness (QED) is 0.268. The maximum Gasteiger partial charge on any atom is 0.340 e. The molecule has 9 heteroatoms. The van der Waals surface area contributed by atoms with Crippen molar-refractivity contribution in [3.8, 4) is 5.75 Å². The normalized spacial score (nSPS) is 15.6. The second-order valence-electron chi connectivity index (χ2n) is 8.20. The van der Waals surface area contributed by atoms with Crippen molar-refractivity contribution in [1.29, 1.82) is 0 Å². The molecule has 0 spiro atoms. The Morgan fingerprint density at radius 2 is 1.85 bits per heavy atom. The zero-order valence-electron chi connectivity index (χ0n) is 19.6. The minimum Gasteiger partial charge on any atom is -0.462 e. The van der Waals surface area contributed by atoms with Crippen LogP contribution in [-0.4, -0.2) is 51.1 Å². The molecule has 1 saturated heterocycles. The number of carbonyl (C=O) groups excluding carboxylic acids is 2. The van der Waals surface area contributed by atoms with E-state index in [0.717, 1.165) is 31.4 Å². The summed E-state index contributed by atoms with van der Waals surface area (Å²) in [5.74, 6) is -0.658. The van der Waals surface area contributed by atoms with Gasteiger partial charge in [-0.2, -0.15) is 8.42 Å². The Labute approximate surface area is 200 Å². The number of benzene rings is 2. The van der Waals surface area contributed by atoms with Gasteiger partial charge in [0.25, 0.3) is 0 Å². The molecule has 2 aromatic rings. The molecule has 0 bridgehead atoms. The highest BCUT2D eigenvalue weighted by molar-refractivity contribution is 7.87. The Bertz CT molecular complexity index is 1080. The van der Waals surface area contributed by atoms with Gasteiger partial charge in [0, 0.05) is 26.6 Å². The molecule has 1 atom stereocenters. The Morgan fingerprint density at radius 1 is 1.12 bits per heavy atom. The molecule has 0 unspecified atom stereocenters. The van der Waals surface area contributed by atoms with Gasteiger partial charge in [0.2, 0.25) is 5.91 Å². The Kier molecular flexibility index (Phi) is 9.06. The smallest absolute Gasteiger partial charge is 0.340 e. The van der Waals surface area contributed by atoms with Crippen LogP contribution in [0.1, 0.15) is 55.5 Å². The summed E-state index contributed by atoms with van der Waals surface area (Å²) in [6, 6.07) is 12.3. The first-order valence-electron chi connectivity index (χ1n) is 11.5. The largest absolute Gasteiger partial charge is 0.462 e. The molecule has 1 heterocycles. The predicted octanol–water partition coefficient (Wildman–Crippen LogP) is 3.94. The van der Waals surface area contributed by atoms with E-state index < -0.39 is 16.1 Å². The summed E-state index contributed by atoms with van der Waals surface area (Å²) in [4.78, 5) is 25.9. The minimum atomic E-state index is -4.27. The van der Waals surface area contributed by atoms with Crippen LogP contribution < -0.4 is 4.18 Å². The predicted molar refractivity (Wildman–Crippen MR) is 126 cm³/mol. The number of esters is 1. The lowest BCUT2D eigenvalue weighted by molar-refractivity contribution is -0.131. The van der Waals surface area contributed by atoms with Crippen LogP contribution in [0.4, 0.5) is 0 Å². The van der Waals surface area contributed by atoms with E-state index in [1.807, 2.05) is 6.92 Å². The third-order valence-electron chi connectivity index (χ3n) is 5.50. The maximum atomic E-state index is 12.9. The van der Waals surface area contributed by atoms with Gasteiger partial charge in [0.05, 0.1) is 18.3 Å². The van der Waals surface area contributed by atoms with Crippen LogP contribution in [-0.2, 0) is 30.9 Å². The van der Waals surface area contributed by atoms with E-state index in [0.29, 0.717) is 19.5 Å². The number of hydrogen-bond acceptors (Lipinski definition) is 7. The molecule has 1 fully saturated rings. The molecule has 3 rings (SSSR count). The van der Waals surface area contributed by atoms with E-state index in [1.54, 1.807) is 23.1 Å². The first kappa shape index (κ1) is 25.7. The van der Waals surface area contributed by atoms with Crippen LogP contribution in [0.2, 0.25) is 0 Å². The van der Waals surface area contributed by atoms with E-state index in [2.05, 4.69) is 0 Å². The van der Waals surface area contributed by atoms with Gasteiger partial charge >= 0.3 is 16.1 Å². The first-order valence-corrected chi connectivity index (χ1v) is 12.9. The summed E-state index contributed by atoms with van der Waals surface area (Å²) in [6.07, 6.45) is 3.52. The minimum absolute atomic E-state index is 0.0466. The highest BCUT2D eigenvalue weighted by Crippen LogP contribution is 2.23. The van der Waals surface area contributed by atoms with Crippen LogP contribution in [0, 0.1) is 0 Å². The lowest BCUT2D eigenvalue weighted by Gasteiger charge is -2.24. The van der Waals surface area contributed by atoms with Crippen molar-refractivity contribution < 1.29 is 31.7 Å². The lowest BCUT2D eigenvalue weighted by Crippen LogP contribution is -2.35. The van der Waals surface area contributed by atoms with E-state index in [-0.39, 0.29) is 34.8 Å². The molecule has 0 radical (unpaired) electrons. The number of unbranched alkanes of at least 4 members (excludes halogenated alkanes) is 1. The van der Waals surface area contributed by atoms with Gasteiger partial charge in [-0.3, -0.25) is 4.79 Å². The molecule has 1 aliphatic heterocycles. The van der Waals surface area contributed by atoms with Gasteiger partial charge in [0.1, 0.15) is 10.6 Å². The van der Waals surface area contributed by atoms with Gasteiger partial charge in [0.15, 0.2) is 0 Å². The molecular weight excluding hydrogens is 458 g/mol. The molecular formula is C25H31NO7S. The van der Waals surface area contributed by atoms with Gasteiger partial charge < -0.3 is 18.6 Å². The van der Waals surface area contributed by atoms with Crippen molar-refractivity contribution in [1.82, 2.24) is 4.90 Å². The summed E-state index contributed by atoms with van der Waals surface area (Å²) in [5, 5.41) is 0. The monoisotopic (exact) mass is 489 g/mol. The lowest BCUT2D eigenvalue weighted by atomic mass is 10.1. The average Bonchev–Trinajstić information content (AvgIpc) is 3.33. The SMILES string of the molecule is CCCCOC(=O)c1ccccc1S(=O)(=O)Oc1ccc(CN(C[C@@H]2CCCO2)C(C)=O)cc1. The first-order chi connectivity index (χ1) is 16.3. The number of rotatable bonds is 11. The van der Waals surface area contributed by atoms with E-state index >= 15 is 0 Å². The molecule has 0 N–H and O–H groups in total. The zero-order chi connectivity index (χ0) is 24.6. The Balaban J connectivity index is 1.68. The third-order valence-corrected chi connectivity index (χ3v) is 6.81. The fraction of sp³-hybridized carbons (Fsp3) is 0.440. The van der Waals surface area contributed by atoms with Crippen LogP contribution in [0.25, 0.3) is 0 Å². The van der Waals surface area contributed by atoms with Gasteiger partial charge in [-0.25, -0.2) is 4.79 Å². The highest BCUT2D eigenvalue weighted by atomic mass is 32.2. The van der Waals surface area contributed by atoms with Gasteiger partial charge in [-0.15, -0.1) is 0 Å². The molecule has 0 aromatic heterocycles. The van der Waals surface area contributed by atoms with E-state index in [1.165, 1.54) is 37.3 Å². The summed E-state index contributed by atoms with van der Waals surface area (Å²) in [6.45, 7) is 5.32. The van der Waals surface area contributed by atoms with Crippen molar-refractivity contribution in [2.75, 3.05) is 19.8 Å². The summed E-state index contributed by atoms with van der Waals surface area (Å²) in [5.41, 5.74) is 0.763. The van der Waals surface area contributed by atoms with Crippen molar-refractivity contribution in [2.45, 2.75) is 57.1 Å². The van der Waals surface area contributed by atoms with Gasteiger partial charge in [-0.05, 0) is 49.1 Å². The number of carbonyl (C=O) groups is 2. The van der Waals surface area contributed by atoms with Crippen molar-refractivity contribution >= 4 is 22.0 Å². The number of hydrogen-bond donors (Lipinski definition) is 0. The summed E-state index contributed by atoms with van der Waals surface area (Å²) < 4.78 is 41.9. The van der Waals surface area contributed by atoms with E-state index in [9.17, 15) is 18.0 Å². The van der Waals surface area contributed by atoms with Crippen LogP contribution in [0.15, 0.2) is 53.4 Å². The van der Waals surface area contributed by atoms with Crippen LogP contribution in [0.5, 0.6) is 5.75 Å². The molecule has 0 saturated carbocycles. The van der Waals surface area contributed by atoms with E-state index in [4.69, 9.17) is 13.7 Å². The van der Waals surface area contributed by atoms with Crippen molar-refractivity contribution in [2.24, 2.45) is 0 Å². The van der Waals surface area contributed by atoms with Crippen LogP contribution in [0.3, 0.4) is 0 Å². The molecule has 34 heavy (non-hydrogen) atoms. The Morgan fingerprint density at radius 3 is 2.50 bits per heavy atom. The average molecular weight is 490 g/mol. The molecule has 184 valence electrons. The van der Waals surface area contributed by atoms with Crippen molar-refractivity contribution in [3.05, 3.63) is 59.7 Å². The topological polar surface area (TPSA) is 99.2 Å². The zero-order valence-corrected chi connectivity index (χ0v) is 20.4. The Hall–Kier alpha value is -2.91. The number of ether oxygens (including phenoxy) is 2. The summed E-state index contributed by atoms with van der Waals surface area (Å²) >= 11 is 0. The standard InChI is InChI=1S/C25H31NO7S/c1-3-4-15-32-25(28)23-9-5-6-10-24(23)34(29,30)33-21-13-11-20(12-14-21)17-26(19(2)27)18-22-8-7-16-31-22/h5-6,9-14,22H,3-4,7-8,15-18H2,1-2H3/t22-/m0/s1. The second kappa shape index (κ2) is 12.0. The third kappa shape index (κ3) is 7.04. The summed E-state index contributed by atoms with van der Waals surface area (Å²) in [7, 11) is -4.27. The fourth-order valence-corrected chi connectivity index (χ4v) is 4.74. The molecule has 1 amide bonds. The molecule has 1 aliphatic rings. The fourth-order valence-electron chi connectivity index (χ4n) is 3.62. The second-order valence-corrected chi connectivity index (χ2v) is 9.72. The number of nitrogens with zero attached hydrogens (tertiary/aromatic N) is 1. The van der Waals surface area contributed by atoms with Gasteiger partial charge in [-0.1, -0.05) is 37.6 Å². The molecule has 8 nitrogen and oxygen atoms in total. The highest BCUT2D eigenvalue weighted by Gasteiger charge is 2.25. The van der Waals surface area contributed by atoms with Crippen LogP contribution >= 0.6 is 0 Å². The van der Waals surface area contributed by atoms with Crippen molar-refractivity contribution in [3.63, 3.8) is 0 Å². The number of amides is 1. The maximum absolute atomic E-state index is 12.9. The molecule has 2 aromatic carbocycles.